The summed E-state index contributed by atoms with van der Waals surface area (Å²) < 4.78 is 1.34. The summed E-state index contributed by atoms with van der Waals surface area (Å²) >= 11 is 0. The van der Waals surface area contributed by atoms with Gasteiger partial charge in [0.2, 0.25) is 0 Å². The predicted molar refractivity (Wildman–Crippen MR) is 45.8 cm³/mol. The fraction of sp³-hybridized carbons (Fsp3) is 0. The lowest BCUT2D eigenvalue weighted by atomic mass is 10.5. The fourth-order valence-electron chi connectivity index (χ4n) is 0.872. The molecule has 0 aliphatic carbocycles. The summed E-state index contributed by atoms with van der Waals surface area (Å²) in [5.41, 5.74) is 11.5. The summed E-state index contributed by atoms with van der Waals surface area (Å²) in [7, 11) is 0. The molecule has 2 aromatic heterocycles. The van der Waals surface area contributed by atoms with Crippen LogP contribution in [0.15, 0.2) is 18.9 Å². The Morgan fingerprint density at radius 2 is 1.85 bits per heavy atom. The third-order valence-corrected chi connectivity index (χ3v) is 1.51. The monoisotopic (exact) mass is 177 g/mol. The molecule has 0 atom stereocenters. The Balaban J connectivity index is 2.53. The van der Waals surface area contributed by atoms with Crippen LogP contribution >= 0.6 is 0 Å². The molecule has 2 heterocycles. The molecule has 66 valence electrons. The van der Waals surface area contributed by atoms with E-state index in [4.69, 9.17) is 11.5 Å². The number of aromatic nitrogens is 5. The standard InChI is InChI=1S/C6H7N7/c7-4-1-12-13(5(4)8)6-10-2-9-3-11-6/h1-3H,7-8H2. The number of hydrogen-bond acceptors (Lipinski definition) is 6. The van der Waals surface area contributed by atoms with Gasteiger partial charge in [0.05, 0.1) is 11.9 Å². The second kappa shape index (κ2) is 2.70. The molecule has 7 nitrogen and oxygen atoms in total. The number of nitrogens with zero attached hydrogens (tertiary/aromatic N) is 5. The van der Waals surface area contributed by atoms with Crippen molar-refractivity contribution >= 4 is 11.5 Å². The zero-order valence-electron chi connectivity index (χ0n) is 6.62. The molecule has 0 aliphatic heterocycles. The Labute approximate surface area is 73.4 Å². The van der Waals surface area contributed by atoms with Crippen molar-refractivity contribution in [1.29, 1.82) is 0 Å². The molecule has 0 amide bonds. The van der Waals surface area contributed by atoms with Crippen LogP contribution in [0.2, 0.25) is 0 Å². The maximum absolute atomic E-state index is 5.61. The van der Waals surface area contributed by atoms with Gasteiger partial charge in [-0.2, -0.15) is 19.7 Å². The predicted octanol–water partition coefficient (Wildman–Crippen LogP) is -0.778. The van der Waals surface area contributed by atoms with Gasteiger partial charge in [0.15, 0.2) is 5.82 Å². The highest BCUT2D eigenvalue weighted by Gasteiger charge is 2.07. The maximum Gasteiger partial charge on any atom is 0.255 e. The van der Waals surface area contributed by atoms with E-state index in [0.717, 1.165) is 0 Å². The number of hydrogen-bond donors (Lipinski definition) is 2. The highest BCUT2D eigenvalue weighted by molar-refractivity contribution is 5.58. The van der Waals surface area contributed by atoms with E-state index in [0.29, 0.717) is 17.5 Å². The van der Waals surface area contributed by atoms with Crippen molar-refractivity contribution in [3.05, 3.63) is 18.9 Å². The largest absolute Gasteiger partial charge is 0.394 e. The average Bonchev–Trinajstić information content (AvgIpc) is 2.49. The van der Waals surface area contributed by atoms with Gasteiger partial charge in [-0.25, -0.2) is 4.98 Å². The van der Waals surface area contributed by atoms with Crippen LogP contribution < -0.4 is 11.5 Å². The van der Waals surface area contributed by atoms with E-state index in [1.807, 2.05) is 0 Å². The van der Waals surface area contributed by atoms with Crippen molar-refractivity contribution in [2.45, 2.75) is 0 Å². The van der Waals surface area contributed by atoms with Crippen molar-refractivity contribution in [3.8, 4) is 5.95 Å². The van der Waals surface area contributed by atoms with Gasteiger partial charge < -0.3 is 11.5 Å². The average molecular weight is 177 g/mol. The molecule has 0 unspecified atom stereocenters. The van der Waals surface area contributed by atoms with Crippen molar-refractivity contribution < 1.29 is 0 Å². The normalized spacial score (nSPS) is 10.2. The van der Waals surface area contributed by atoms with Crippen molar-refractivity contribution in [3.63, 3.8) is 0 Å². The fourth-order valence-corrected chi connectivity index (χ4v) is 0.872. The summed E-state index contributed by atoms with van der Waals surface area (Å²) in [5.74, 6) is 0.676. The summed E-state index contributed by atoms with van der Waals surface area (Å²) in [6.45, 7) is 0. The van der Waals surface area contributed by atoms with Crippen LogP contribution in [0.5, 0.6) is 0 Å². The zero-order chi connectivity index (χ0) is 9.26. The highest BCUT2D eigenvalue weighted by Crippen LogP contribution is 2.14. The highest BCUT2D eigenvalue weighted by atomic mass is 15.4. The Morgan fingerprint density at radius 3 is 2.38 bits per heavy atom. The first-order chi connectivity index (χ1) is 6.29. The minimum atomic E-state index is 0.325. The molecule has 2 aromatic rings. The third-order valence-electron chi connectivity index (χ3n) is 1.51. The van der Waals surface area contributed by atoms with Gasteiger partial charge in [-0.15, -0.1) is 0 Å². The number of nitrogens with two attached hydrogens (primary N) is 2. The number of anilines is 2. The molecule has 0 bridgehead atoms. The molecule has 0 saturated carbocycles. The van der Waals surface area contributed by atoms with Crippen LogP contribution in [-0.4, -0.2) is 24.7 Å². The van der Waals surface area contributed by atoms with E-state index in [1.54, 1.807) is 0 Å². The van der Waals surface area contributed by atoms with Crippen LogP contribution in [0, 0.1) is 0 Å². The molecule has 0 fully saturated rings. The first-order valence-electron chi connectivity index (χ1n) is 3.50. The van der Waals surface area contributed by atoms with Gasteiger partial charge in [-0.1, -0.05) is 0 Å². The lowest BCUT2D eigenvalue weighted by Crippen LogP contribution is -2.06. The van der Waals surface area contributed by atoms with Crippen LogP contribution in [0.3, 0.4) is 0 Å². The van der Waals surface area contributed by atoms with Crippen LogP contribution in [-0.2, 0) is 0 Å². The van der Waals surface area contributed by atoms with E-state index in [1.165, 1.54) is 23.5 Å². The molecule has 0 aromatic carbocycles. The third kappa shape index (κ3) is 1.15. The van der Waals surface area contributed by atoms with Gasteiger partial charge in [-0.3, -0.25) is 0 Å². The Kier molecular flexibility index (Phi) is 1.55. The van der Waals surface area contributed by atoms with Crippen LogP contribution in [0.1, 0.15) is 0 Å². The van der Waals surface area contributed by atoms with Gasteiger partial charge in [0.1, 0.15) is 12.7 Å². The lowest BCUT2D eigenvalue weighted by Gasteiger charge is -1.99. The van der Waals surface area contributed by atoms with Crippen molar-refractivity contribution in [2.75, 3.05) is 11.5 Å². The summed E-state index contributed by atoms with van der Waals surface area (Å²) in [5, 5.41) is 3.90. The van der Waals surface area contributed by atoms with E-state index in [-0.39, 0.29) is 0 Å². The van der Waals surface area contributed by atoms with Crippen molar-refractivity contribution in [1.82, 2.24) is 24.7 Å². The van der Waals surface area contributed by atoms with E-state index >= 15 is 0 Å². The Morgan fingerprint density at radius 1 is 1.15 bits per heavy atom. The van der Waals surface area contributed by atoms with E-state index in [2.05, 4.69) is 20.1 Å². The van der Waals surface area contributed by atoms with Gasteiger partial charge in [0.25, 0.3) is 5.95 Å². The molecule has 2 rings (SSSR count). The van der Waals surface area contributed by atoms with E-state index in [9.17, 15) is 0 Å². The Bertz CT molecular complexity index is 406. The number of rotatable bonds is 1. The molecule has 0 aliphatic rings. The smallest absolute Gasteiger partial charge is 0.255 e. The molecule has 0 saturated heterocycles. The quantitative estimate of drug-likeness (QED) is 0.591. The zero-order valence-corrected chi connectivity index (χ0v) is 6.62. The topological polar surface area (TPSA) is 109 Å². The van der Waals surface area contributed by atoms with Gasteiger partial charge in [-0.05, 0) is 0 Å². The second-order valence-corrected chi connectivity index (χ2v) is 2.34. The number of nitrogen functional groups attached to an aromatic ring is 2. The Hall–Kier alpha value is -2.18. The molecule has 0 spiro atoms. The molecule has 13 heavy (non-hydrogen) atoms. The minimum absolute atomic E-state index is 0.325. The molecule has 7 heteroatoms. The van der Waals surface area contributed by atoms with Gasteiger partial charge in [0, 0.05) is 0 Å². The summed E-state index contributed by atoms with van der Waals surface area (Å²) in [6, 6.07) is 0. The second-order valence-electron chi connectivity index (χ2n) is 2.34. The van der Waals surface area contributed by atoms with E-state index < -0.39 is 0 Å². The maximum atomic E-state index is 5.61. The van der Waals surface area contributed by atoms with Gasteiger partial charge >= 0.3 is 0 Å². The minimum Gasteiger partial charge on any atom is -0.394 e. The molecular weight excluding hydrogens is 170 g/mol. The molecule has 4 N–H and O–H groups in total. The van der Waals surface area contributed by atoms with Crippen molar-refractivity contribution in [2.24, 2.45) is 0 Å². The molecular formula is C6H7N7. The van der Waals surface area contributed by atoms with Crippen LogP contribution in [0.25, 0.3) is 5.95 Å². The lowest BCUT2D eigenvalue weighted by molar-refractivity contribution is 0.803. The first-order valence-corrected chi connectivity index (χ1v) is 3.50. The first kappa shape index (κ1) is 7.47. The molecule has 0 radical (unpaired) electrons. The SMILES string of the molecule is Nc1cnn(-c2ncncn2)c1N. The van der Waals surface area contributed by atoms with Crippen LogP contribution in [0.4, 0.5) is 11.5 Å². The summed E-state index contributed by atoms with van der Waals surface area (Å²) in [6.07, 6.45) is 4.17. The summed E-state index contributed by atoms with van der Waals surface area (Å²) in [4.78, 5) is 11.4.